The molecule has 0 aliphatic rings. The first kappa shape index (κ1) is 15.3. The van der Waals surface area contributed by atoms with Gasteiger partial charge in [-0.15, -0.1) is 0 Å². The number of rotatable bonds is 5. The van der Waals surface area contributed by atoms with E-state index in [2.05, 4.69) is 31.3 Å². The molecule has 1 heterocycles. The Kier molecular flexibility index (Phi) is 4.75. The first-order chi connectivity index (χ1) is 10.0. The van der Waals surface area contributed by atoms with E-state index >= 15 is 0 Å². The van der Waals surface area contributed by atoms with Crippen molar-refractivity contribution in [3.63, 3.8) is 0 Å². The third-order valence-corrected chi connectivity index (χ3v) is 3.77. The Bertz CT molecular complexity index is 628. The molecule has 0 saturated heterocycles. The number of nitrogens with zero attached hydrogens (tertiary/aromatic N) is 2. The highest BCUT2D eigenvalue weighted by molar-refractivity contribution is 5.77. The Morgan fingerprint density at radius 1 is 1.24 bits per heavy atom. The first-order valence-corrected chi connectivity index (χ1v) is 7.15. The summed E-state index contributed by atoms with van der Waals surface area (Å²) in [4.78, 5) is 11.2. The predicted octanol–water partition coefficient (Wildman–Crippen LogP) is 1.64. The van der Waals surface area contributed by atoms with Crippen LogP contribution in [0, 0.1) is 13.8 Å². The van der Waals surface area contributed by atoms with Gasteiger partial charge in [-0.05, 0) is 37.0 Å². The van der Waals surface area contributed by atoms with E-state index in [1.165, 1.54) is 16.8 Å². The molecule has 21 heavy (non-hydrogen) atoms. The molecule has 112 valence electrons. The van der Waals surface area contributed by atoms with Gasteiger partial charge in [0.1, 0.15) is 0 Å². The van der Waals surface area contributed by atoms with Crippen LogP contribution in [0.1, 0.15) is 35.0 Å². The molecule has 3 N–H and O–H groups in total. The number of nitrogens with two attached hydrogens (primary N) is 1. The molecule has 0 aliphatic carbocycles. The van der Waals surface area contributed by atoms with Crippen LogP contribution in [-0.4, -0.2) is 15.7 Å². The Hall–Kier alpha value is -2.14. The molecule has 2 rings (SSSR count). The number of aromatic nitrogens is 2. The molecule has 2 aromatic rings. The van der Waals surface area contributed by atoms with Crippen molar-refractivity contribution in [2.75, 3.05) is 0 Å². The number of benzene rings is 1. The molecule has 0 aliphatic heterocycles. The zero-order chi connectivity index (χ0) is 15.4. The van der Waals surface area contributed by atoms with Crippen molar-refractivity contribution >= 4 is 5.91 Å². The first-order valence-electron chi connectivity index (χ1n) is 7.15. The molecule has 0 fully saturated rings. The van der Waals surface area contributed by atoms with Gasteiger partial charge in [0.25, 0.3) is 0 Å². The highest BCUT2D eigenvalue weighted by atomic mass is 16.2. The SMILES string of the molecule is CCc1c(C)nn(Cc2ccc(CC(=O)NN)cc2)c1C. The minimum atomic E-state index is -0.186. The van der Waals surface area contributed by atoms with Crippen LogP contribution in [0.2, 0.25) is 0 Å². The summed E-state index contributed by atoms with van der Waals surface area (Å²) in [6.45, 7) is 7.06. The molecule has 5 heteroatoms. The topological polar surface area (TPSA) is 72.9 Å². The van der Waals surface area contributed by atoms with Gasteiger partial charge in [-0.3, -0.25) is 14.9 Å². The van der Waals surface area contributed by atoms with Gasteiger partial charge in [0.15, 0.2) is 0 Å². The molecular weight excluding hydrogens is 264 g/mol. The molecule has 0 unspecified atom stereocenters. The molecule has 1 aromatic heterocycles. The molecule has 0 saturated carbocycles. The number of hydrogen-bond acceptors (Lipinski definition) is 3. The zero-order valence-electron chi connectivity index (χ0n) is 12.8. The van der Waals surface area contributed by atoms with E-state index in [9.17, 15) is 4.79 Å². The van der Waals surface area contributed by atoms with Crippen LogP contribution in [-0.2, 0) is 24.2 Å². The number of nitrogens with one attached hydrogen (secondary N) is 1. The van der Waals surface area contributed by atoms with Crippen LogP contribution in [0.15, 0.2) is 24.3 Å². The Labute approximate surface area is 125 Å². The average molecular weight is 286 g/mol. The second kappa shape index (κ2) is 6.54. The fourth-order valence-electron chi connectivity index (χ4n) is 2.57. The second-order valence-corrected chi connectivity index (χ2v) is 5.22. The van der Waals surface area contributed by atoms with Gasteiger partial charge in [-0.2, -0.15) is 5.10 Å². The quantitative estimate of drug-likeness (QED) is 0.498. The maximum atomic E-state index is 11.2. The van der Waals surface area contributed by atoms with Gasteiger partial charge in [-0.25, -0.2) is 5.84 Å². The lowest BCUT2D eigenvalue weighted by Gasteiger charge is -2.07. The van der Waals surface area contributed by atoms with Crippen molar-refractivity contribution in [1.82, 2.24) is 15.2 Å². The van der Waals surface area contributed by atoms with Gasteiger partial charge in [-0.1, -0.05) is 31.2 Å². The molecule has 1 amide bonds. The molecule has 0 bridgehead atoms. The van der Waals surface area contributed by atoms with E-state index in [-0.39, 0.29) is 5.91 Å². The lowest BCUT2D eigenvalue weighted by Crippen LogP contribution is -2.31. The highest BCUT2D eigenvalue weighted by Crippen LogP contribution is 2.15. The van der Waals surface area contributed by atoms with Crippen LogP contribution >= 0.6 is 0 Å². The molecule has 0 spiro atoms. The van der Waals surface area contributed by atoms with Gasteiger partial charge in [0, 0.05) is 5.69 Å². The Morgan fingerprint density at radius 3 is 2.38 bits per heavy atom. The second-order valence-electron chi connectivity index (χ2n) is 5.22. The Balaban J connectivity index is 2.12. The number of hydrogen-bond donors (Lipinski definition) is 2. The van der Waals surface area contributed by atoms with E-state index in [0.29, 0.717) is 6.42 Å². The maximum absolute atomic E-state index is 11.2. The van der Waals surface area contributed by atoms with E-state index in [4.69, 9.17) is 5.84 Å². The third-order valence-electron chi connectivity index (χ3n) is 3.77. The van der Waals surface area contributed by atoms with E-state index in [1.54, 1.807) is 0 Å². The monoisotopic (exact) mass is 286 g/mol. The number of carbonyl (C=O) groups is 1. The summed E-state index contributed by atoms with van der Waals surface area (Å²) in [5, 5.41) is 4.60. The predicted molar refractivity (Wildman–Crippen MR) is 82.7 cm³/mol. The fraction of sp³-hybridized carbons (Fsp3) is 0.375. The molecular formula is C16H22N4O. The molecule has 5 nitrogen and oxygen atoms in total. The number of aryl methyl sites for hydroxylation is 1. The van der Waals surface area contributed by atoms with Gasteiger partial charge in [0.05, 0.1) is 18.7 Å². The normalized spacial score (nSPS) is 10.7. The zero-order valence-corrected chi connectivity index (χ0v) is 12.8. The highest BCUT2D eigenvalue weighted by Gasteiger charge is 2.10. The summed E-state index contributed by atoms with van der Waals surface area (Å²) in [7, 11) is 0. The van der Waals surface area contributed by atoms with Crippen LogP contribution in [0.25, 0.3) is 0 Å². The summed E-state index contributed by atoms with van der Waals surface area (Å²) >= 11 is 0. The average Bonchev–Trinajstić information content (AvgIpc) is 2.74. The minimum absolute atomic E-state index is 0.186. The lowest BCUT2D eigenvalue weighted by molar-refractivity contribution is -0.120. The third kappa shape index (κ3) is 3.49. The summed E-state index contributed by atoms with van der Waals surface area (Å²) in [5.41, 5.74) is 7.90. The number of carbonyl (C=O) groups excluding carboxylic acids is 1. The summed E-state index contributed by atoms with van der Waals surface area (Å²) in [6, 6.07) is 7.97. The van der Waals surface area contributed by atoms with Crippen molar-refractivity contribution in [1.29, 1.82) is 0 Å². The minimum Gasteiger partial charge on any atom is -0.294 e. The van der Waals surface area contributed by atoms with Crippen molar-refractivity contribution in [3.05, 3.63) is 52.3 Å². The smallest absolute Gasteiger partial charge is 0.238 e. The Morgan fingerprint density at radius 2 is 1.86 bits per heavy atom. The van der Waals surface area contributed by atoms with E-state index < -0.39 is 0 Å². The van der Waals surface area contributed by atoms with Crippen molar-refractivity contribution in [3.8, 4) is 0 Å². The van der Waals surface area contributed by atoms with Crippen LogP contribution < -0.4 is 11.3 Å². The van der Waals surface area contributed by atoms with E-state index in [1.807, 2.05) is 28.9 Å². The van der Waals surface area contributed by atoms with Crippen LogP contribution in [0.3, 0.4) is 0 Å². The number of hydrazine groups is 1. The van der Waals surface area contributed by atoms with Gasteiger partial charge >= 0.3 is 0 Å². The molecule has 0 atom stereocenters. The van der Waals surface area contributed by atoms with Gasteiger partial charge in [0.2, 0.25) is 5.91 Å². The van der Waals surface area contributed by atoms with Crippen molar-refractivity contribution in [2.45, 2.75) is 40.2 Å². The lowest BCUT2D eigenvalue weighted by atomic mass is 10.1. The van der Waals surface area contributed by atoms with Crippen LogP contribution in [0.5, 0.6) is 0 Å². The standard InChI is InChI=1S/C16H22N4O/c1-4-15-11(2)19-20(12(15)3)10-14-7-5-13(6-8-14)9-16(21)18-17/h5-8H,4,9-10,17H2,1-3H3,(H,18,21). The summed E-state index contributed by atoms with van der Waals surface area (Å²) < 4.78 is 2.04. The molecule has 0 radical (unpaired) electrons. The molecule has 1 aromatic carbocycles. The van der Waals surface area contributed by atoms with Gasteiger partial charge < -0.3 is 0 Å². The van der Waals surface area contributed by atoms with Crippen molar-refractivity contribution < 1.29 is 4.79 Å². The van der Waals surface area contributed by atoms with Crippen molar-refractivity contribution in [2.24, 2.45) is 5.84 Å². The number of amides is 1. The van der Waals surface area contributed by atoms with Crippen LogP contribution in [0.4, 0.5) is 0 Å². The fourth-order valence-corrected chi connectivity index (χ4v) is 2.57. The largest absolute Gasteiger partial charge is 0.294 e. The maximum Gasteiger partial charge on any atom is 0.238 e. The van der Waals surface area contributed by atoms with E-state index in [0.717, 1.165) is 24.2 Å². The summed E-state index contributed by atoms with van der Waals surface area (Å²) in [6.07, 6.45) is 1.31. The summed E-state index contributed by atoms with van der Waals surface area (Å²) in [5.74, 6) is 4.90.